The van der Waals surface area contributed by atoms with Crippen molar-refractivity contribution in [2.75, 3.05) is 4.72 Å². The number of anilines is 1. The van der Waals surface area contributed by atoms with Crippen LogP contribution in [0.3, 0.4) is 0 Å². The summed E-state index contributed by atoms with van der Waals surface area (Å²) in [6, 6.07) is 15.3. The van der Waals surface area contributed by atoms with Crippen molar-refractivity contribution < 1.29 is 8.42 Å². The molecule has 0 aliphatic rings. The second kappa shape index (κ2) is 6.31. The van der Waals surface area contributed by atoms with Crippen LogP contribution < -0.4 is 4.72 Å². The third-order valence-electron chi connectivity index (χ3n) is 2.42. The largest absolute Gasteiger partial charge is 0.280 e. The molecule has 0 unspecified atom stereocenters. The Hall–Kier alpha value is -1.49. The molecule has 0 aliphatic carbocycles. The minimum absolute atomic E-state index is 0.0547. The molecule has 0 radical (unpaired) electrons. The van der Waals surface area contributed by atoms with Gasteiger partial charge in [0.25, 0.3) is 10.0 Å². The Morgan fingerprint density at radius 3 is 2.25 bits per heavy atom. The highest BCUT2D eigenvalue weighted by Crippen LogP contribution is 2.27. The molecule has 6 heteroatoms. The molecule has 0 bridgehead atoms. The topological polar surface area (TPSA) is 46.2 Å². The second-order valence-corrected chi connectivity index (χ2v) is 6.30. The predicted octanol–water partition coefficient (Wildman–Crippen LogP) is 4.32. The van der Waals surface area contributed by atoms with Gasteiger partial charge in [-0.15, -0.1) is 0 Å². The number of benzene rings is 2. The van der Waals surface area contributed by atoms with Crippen molar-refractivity contribution in [1.29, 1.82) is 0 Å². The third kappa shape index (κ3) is 4.00. The molecule has 0 amide bonds. The van der Waals surface area contributed by atoms with Crippen LogP contribution in [0.5, 0.6) is 0 Å². The van der Waals surface area contributed by atoms with Crippen LogP contribution in [0.2, 0.25) is 5.02 Å². The summed E-state index contributed by atoms with van der Waals surface area (Å²) < 4.78 is 26.4. The normalized spacial score (nSPS) is 12.2. The van der Waals surface area contributed by atoms with Crippen molar-refractivity contribution in [2.24, 2.45) is 0 Å². The average molecular weight is 328 g/mol. The molecule has 0 saturated heterocycles. The highest BCUT2D eigenvalue weighted by molar-refractivity contribution is 7.95. The van der Waals surface area contributed by atoms with Gasteiger partial charge in [0, 0.05) is 16.3 Å². The Kier molecular flexibility index (Phi) is 4.70. The Balaban J connectivity index is 2.27. The third-order valence-corrected chi connectivity index (χ3v) is 4.26. The summed E-state index contributed by atoms with van der Waals surface area (Å²) in [6.45, 7) is 0. The second-order valence-electron chi connectivity index (χ2n) is 3.96. The summed E-state index contributed by atoms with van der Waals surface area (Å²) in [5.74, 6) is 0. The van der Waals surface area contributed by atoms with Crippen LogP contribution in [0.4, 0.5) is 5.69 Å². The summed E-state index contributed by atoms with van der Waals surface area (Å²) in [4.78, 5) is 0. The van der Waals surface area contributed by atoms with E-state index in [9.17, 15) is 8.42 Å². The van der Waals surface area contributed by atoms with Gasteiger partial charge in [-0.3, -0.25) is 4.72 Å². The van der Waals surface area contributed by atoms with Gasteiger partial charge < -0.3 is 0 Å². The molecule has 0 heterocycles. The van der Waals surface area contributed by atoms with E-state index in [-0.39, 0.29) is 5.03 Å². The van der Waals surface area contributed by atoms with Crippen molar-refractivity contribution in [3.63, 3.8) is 0 Å². The summed E-state index contributed by atoms with van der Waals surface area (Å²) >= 11 is 12.0. The van der Waals surface area contributed by atoms with Crippen LogP contribution in [0.1, 0.15) is 5.56 Å². The fourth-order valence-corrected chi connectivity index (χ4v) is 3.28. The summed E-state index contributed by atoms with van der Waals surface area (Å²) in [6.07, 6.45) is 0. The molecule has 2 rings (SSSR count). The monoisotopic (exact) mass is 327 g/mol. The van der Waals surface area contributed by atoms with Crippen molar-refractivity contribution in [3.05, 3.63) is 70.6 Å². The van der Waals surface area contributed by atoms with Gasteiger partial charge in [0.2, 0.25) is 0 Å². The number of hydrogen-bond acceptors (Lipinski definition) is 2. The minimum Gasteiger partial charge on any atom is -0.280 e. The van der Waals surface area contributed by atoms with Gasteiger partial charge in [0.05, 0.1) is 10.4 Å². The predicted molar refractivity (Wildman–Crippen MR) is 84.3 cm³/mol. The Morgan fingerprint density at radius 1 is 1.00 bits per heavy atom. The number of nitrogens with one attached hydrogen (secondary N) is 1. The van der Waals surface area contributed by atoms with Crippen LogP contribution in [0.15, 0.2) is 60.0 Å². The van der Waals surface area contributed by atoms with Gasteiger partial charge in [-0.25, -0.2) is 8.42 Å². The zero-order valence-electron chi connectivity index (χ0n) is 10.3. The van der Waals surface area contributed by atoms with Crippen molar-refractivity contribution in [2.45, 2.75) is 0 Å². The lowest BCUT2D eigenvalue weighted by molar-refractivity contribution is 0.609. The lowest BCUT2D eigenvalue weighted by Crippen LogP contribution is -2.09. The lowest BCUT2D eigenvalue weighted by Gasteiger charge is -2.06. The molecule has 0 spiro atoms. The molecule has 0 saturated carbocycles. The van der Waals surface area contributed by atoms with Gasteiger partial charge in [0.15, 0.2) is 0 Å². The fraction of sp³-hybridized carbons (Fsp3) is 0. The Morgan fingerprint density at radius 2 is 1.60 bits per heavy atom. The number of sulfonamides is 1. The van der Waals surface area contributed by atoms with Crippen LogP contribution in [-0.4, -0.2) is 8.42 Å². The van der Waals surface area contributed by atoms with E-state index in [1.807, 2.05) is 0 Å². The quantitative estimate of drug-likeness (QED) is 0.908. The number of hydrogen-bond donors (Lipinski definition) is 1. The van der Waals surface area contributed by atoms with Gasteiger partial charge in [-0.2, -0.15) is 0 Å². The molecule has 0 atom stereocenters. The maximum atomic E-state index is 12.0. The number of rotatable bonds is 4. The van der Waals surface area contributed by atoms with Gasteiger partial charge in [0.1, 0.15) is 0 Å². The van der Waals surface area contributed by atoms with Crippen molar-refractivity contribution in [1.82, 2.24) is 0 Å². The zero-order chi connectivity index (χ0) is 14.6. The Labute approximate surface area is 127 Å². The van der Waals surface area contributed by atoms with Crippen molar-refractivity contribution >= 4 is 43.9 Å². The maximum absolute atomic E-state index is 12.0. The van der Waals surface area contributed by atoms with Crippen LogP contribution in [0, 0.1) is 0 Å². The first-order chi connectivity index (χ1) is 9.48. The number of halogens is 2. The molecule has 1 N–H and O–H groups in total. The smallest absolute Gasteiger partial charge is 0.256 e. The maximum Gasteiger partial charge on any atom is 0.256 e. The molecule has 20 heavy (non-hydrogen) atoms. The fourth-order valence-electron chi connectivity index (χ4n) is 1.55. The molecular formula is C14H11Cl2NO2S. The summed E-state index contributed by atoms with van der Waals surface area (Å²) in [5.41, 5.74) is 0.932. The van der Waals surface area contributed by atoms with Crippen molar-refractivity contribution in [3.8, 4) is 0 Å². The summed E-state index contributed by atoms with van der Waals surface area (Å²) in [7, 11) is -3.70. The van der Waals surface area contributed by atoms with E-state index in [4.69, 9.17) is 23.2 Å². The first kappa shape index (κ1) is 14.9. The molecule has 2 aromatic rings. The Bertz CT molecular complexity index is 728. The van der Waals surface area contributed by atoms with E-state index in [1.165, 1.54) is 0 Å². The van der Waals surface area contributed by atoms with Crippen LogP contribution >= 0.6 is 23.2 Å². The van der Waals surface area contributed by atoms with E-state index >= 15 is 0 Å². The summed E-state index contributed by atoms with van der Waals surface area (Å²) in [5, 5.41) is 1.39. The van der Waals surface area contributed by atoms with Gasteiger partial charge >= 0.3 is 0 Å². The lowest BCUT2D eigenvalue weighted by atomic mass is 10.2. The van der Waals surface area contributed by atoms with Gasteiger partial charge in [-0.1, -0.05) is 59.6 Å². The van der Waals surface area contributed by atoms with E-state index in [1.54, 1.807) is 54.6 Å². The average Bonchev–Trinajstić information content (AvgIpc) is 2.39. The molecular weight excluding hydrogens is 317 g/mol. The van der Waals surface area contributed by atoms with Crippen LogP contribution in [0.25, 0.3) is 5.03 Å². The van der Waals surface area contributed by atoms with E-state index < -0.39 is 10.0 Å². The van der Waals surface area contributed by atoms with E-state index in [2.05, 4.69) is 4.72 Å². The van der Waals surface area contributed by atoms with Crippen LogP contribution in [-0.2, 0) is 10.0 Å². The highest BCUT2D eigenvalue weighted by atomic mass is 35.5. The molecule has 2 aromatic carbocycles. The molecule has 0 fully saturated rings. The highest BCUT2D eigenvalue weighted by Gasteiger charge is 2.11. The molecule has 104 valence electrons. The van der Waals surface area contributed by atoms with E-state index in [0.717, 1.165) is 5.41 Å². The standard InChI is InChI=1S/C14H11Cl2NO2S/c15-13-9-5-4-8-12(13)14(16)10-20(18,19)17-11-6-2-1-3-7-11/h1-10,17H. The van der Waals surface area contributed by atoms with E-state index in [0.29, 0.717) is 16.3 Å². The molecule has 3 nitrogen and oxygen atoms in total. The first-order valence-electron chi connectivity index (χ1n) is 5.68. The SMILES string of the molecule is O=S(=O)(C=C(Cl)c1ccccc1Cl)Nc1ccccc1. The minimum atomic E-state index is -3.70. The van der Waals surface area contributed by atoms with Gasteiger partial charge in [-0.05, 0) is 18.2 Å². The number of para-hydroxylation sites is 1. The molecule has 0 aromatic heterocycles. The first-order valence-corrected chi connectivity index (χ1v) is 7.98. The molecule has 0 aliphatic heterocycles. The zero-order valence-corrected chi connectivity index (χ0v) is 12.6.